The molecule has 0 N–H and O–H groups in total. The van der Waals surface area contributed by atoms with Crippen LogP contribution < -0.4 is 4.90 Å². The lowest BCUT2D eigenvalue weighted by Crippen LogP contribution is -2.40. The van der Waals surface area contributed by atoms with Gasteiger partial charge in [0.25, 0.3) is 0 Å². The van der Waals surface area contributed by atoms with Gasteiger partial charge in [0.15, 0.2) is 0 Å². The Morgan fingerprint density at radius 1 is 1.50 bits per heavy atom. The number of nitrogens with zero attached hydrogens (tertiary/aromatic N) is 1. The van der Waals surface area contributed by atoms with Crippen molar-refractivity contribution in [2.75, 3.05) is 18.1 Å². The van der Waals surface area contributed by atoms with Crippen LogP contribution >= 0.6 is 11.6 Å². The molecule has 24 heavy (non-hydrogen) atoms. The summed E-state index contributed by atoms with van der Waals surface area (Å²) in [4.78, 5) is 27.1. The van der Waals surface area contributed by atoms with Gasteiger partial charge in [-0.2, -0.15) is 0 Å². The molecular formula is C18H18ClNO4. The Morgan fingerprint density at radius 3 is 3.08 bits per heavy atom. The normalized spacial score (nSPS) is 33.2. The monoisotopic (exact) mass is 347 g/mol. The first-order chi connectivity index (χ1) is 11.6. The summed E-state index contributed by atoms with van der Waals surface area (Å²) in [5, 5.41) is 0.564. The van der Waals surface area contributed by atoms with Gasteiger partial charge in [0, 0.05) is 10.7 Å². The molecule has 4 rings (SSSR count). The third kappa shape index (κ3) is 2.19. The van der Waals surface area contributed by atoms with E-state index < -0.39 is 17.4 Å². The first kappa shape index (κ1) is 15.7. The van der Waals surface area contributed by atoms with E-state index in [4.69, 9.17) is 21.1 Å². The molecule has 5 nitrogen and oxygen atoms in total. The molecule has 3 heterocycles. The molecule has 4 atom stereocenters. The van der Waals surface area contributed by atoms with Crippen molar-refractivity contribution in [3.8, 4) is 0 Å². The molecule has 0 saturated carbocycles. The van der Waals surface area contributed by atoms with E-state index in [0.29, 0.717) is 18.2 Å². The van der Waals surface area contributed by atoms with Crippen molar-refractivity contribution in [3.63, 3.8) is 0 Å². The van der Waals surface area contributed by atoms with Gasteiger partial charge >= 0.3 is 5.97 Å². The van der Waals surface area contributed by atoms with Crippen LogP contribution in [0, 0.1) is 11.8 Å². The Balaban J connectivity index is 1.65. The molecule has 1 aromatic carbocycles. The Hall–Kier alpha value is -1.85. The van der Waals surface area contributed by atoms with Gasteiger partial charge < -0.3 is 14.4 Å². The highest BCUT2D eigenvalue weighted by Crippen LogP contribution is 2.52. The van der Waals surface area contributed by atoms with Crippen molar-refractivity contribution >= 4 is 29.2 Å². The van der Waals surface area contributed by atoms with Crippen molar-refractivity contribution in [2.24, 2.45) is 11.8 Å². The summed E-state index contributed by atoms with van der Waals surface area (Å²) in [6, 6.07) is 7.15. The lowest BCUT2D eigenvalue weighted by molar-refractivity contribution is -0.152. The van der Waals surface area contributed by atoms with Gasteiger partial charge in [0.1, 0.15) is 11.5 Å². The fourth-order valence-electron chi connectivity index (χ4n) is 3.93. The number of fused-ring (bicyclic) bond motifs is 1. The van der Waals surface area contributed by atoms with Gasteiger partial charge in [-0.3, -0.25) is 9.59 Å². The van der Waals surface area contributed by atoms with Gasteiger partial charge in [-0.25, -0.2) is 0 Å². The van der Waals surface area contributed by atoms with E-state index in [-0.39, 0.29) is 18.0 Å². The second kappa shape index (κ2) is 5.60. The third-order valence-corrected chi connectivity index (χ3v) is 5.18. The van der Waals surface area contributed by atoms with Gasteiger partial charge in [0.2, 0.25) is 5.91 Å². The molecule has 1 spiro atoms. The molecule has 6 heteroatoms. The predicted octanol–water partition coefficient (Wildman–Crippen LogP) is 2.58. The van der Waals surface area contributed by atoms with Crippen LogP contribution in [0.25, 0.3) is 0 Å². The Labute approximate surface area is 145 Å². The van der Waals surface area contributed by atoms with Crippen LogP contribution in [0.5, 0.6) is 0 Å². The van der Waals surface area contributed by atoms with Crippen molar-refractivity contribution in [3.05, 3.63) is 41.4 Å². The van der Waals surface area contributed by atoms with Gasteiger partial charge in [-0.05, 0) is 24.6 Å². The second-order valence-corrected chi connectivity index (χ2v) is 6.91. The number of benzene rings is 1. The van der Waals surface area contributed by atoms with Gasteiger partial charge in [-0.1, -0.05) is 36.7 Å². The number of hydrogen-bond acceptors (Lipinski definition) is 4. The Kier molecular flexibility index (Phi) is 3.66. The maximum absolute atomic E-state index is 13.0. The summed E-state index contributed by atoms with van der Waals surface area (Å²) >= 11 is 6.05. The molecular weight excluding hydrogens is 330 g/mol. The SMILES string of the molecule is CCCOC(=O)[C@H]1[C@H]2C(=O)N(c3cccc(Cl)c3)C[C@@]23C=C[C@H]1O3. The minimum atomic E-state index is -0.736. The number of carbonyl (C=O) groups is 2. The smallest absolute Gasteiger partial charge is 0.312 e. The number of hydrogen-bond donors (Lipinski definition) is 0. The molecule has 1 aromatic rings. The zero-order chi connectivity index (χ0) is 16.9. The molecule has 2 bridgehead atoms. The maximum Gasteiger partial charge on any atom is 0.312 e. The highest BCUT2D eigenvalue weighted by molar-refractivity contribution is 6.31. The molecule has 0 radical (unpaired) electrons. The van der Waals surface area contributed by atoms with Crippen LogP contribution in [0.4, 0.5) is 5.69 Å². The summed E-state index contributed by atoms with van der Waals surface area (Å²) in [7, 11) is 0. The number of halogens is 1. The molecule has 2 fully saturated rings. The highest BCUT2D eigenvalue weighted by Gasteiger charge is 2.67. The highest BCUT2D eigenvalue weighted by atomic mass is 35.5. The number of rotatable bonds is 4. The van der Waals surface area contributed by atoms with Crippen LogP contribution in [-0.4, -0.2) is 36.7 Å². The Bertz CT molecular complexity index is 733. The van der Waals surface area contributed by atoms with Gasteiger partial charge in [-0.15, -0.1) is 0 Å². The summed E-state index contributed by atoms with van der Waals surface area (Å²) in [5.74, 6) is -1.56. The van der Waals surface area contributed by atoms with Crippen LogP contribution in [0.2, 0.25) is 5.02 Å². The molecule has 0 aromatic heterocycles. The number of amides is 1. The van der Waals surface area contributed by atoms with Crippen molar-refractivity contribution in [1.29, 1.82) is 0 Å². The van der Waals surface area contributed by atoms with Crippen molar-refractivity contribution in [2.45, 2.75) is 25.0 Å². The van der Waals surface area contributed by atoms with Crippen LogP contribution in [0.15, 0.2) is 36.4 Å². The number of carbonyl (C=O) groups excluding carboxylic acids is 2. The minimum absolute atomic E-state index is 0.109. The van der Waals surface area contributed by atoms with E-state index in [0.717, 1.165) is 12.1 Å². The number of esters is 1. The molecule has 1 amide bonds. The summed E-state index contributed by atoms with van der Waals surface area (Å²) in [5.41, 5.74) is -0.0163. The van der Waals surface area contributed by atoms with Crippen LogP contribution in [-0.2, 0) is 19.1 Å². The summed E-state index contributed by atoms with van der Waals surface area (Å²) < 4.78 is 11.3. The standard InChI is InChI=1S/C18H18ClNO4/c1-2-8-23-17(22)14-13-6-7-18(24-13)10-20(16(21)15(14)18)12-5-3-4-11(19)9-12/h3-7,9,13-15H,2,8,10H2,1H3/t13-,14-,15+,18+/m1/s1. The van der Waals surface area contributed by atoms with E-state index in [9.17, 15) is 9.59 Å². The fraction of sp³-hybridized carbons (Fsp3) is 0.444. The minimum Gasteiger partial charge on any atom is -0.465 e. The van der Waals surface area contributed by atoms with E-state index in [2.05, 4.69) is 0 Å². The second-order valence-electron chi connectivity index (χ2n) is 6.47. The van der Waals surface area contributed by atoms with Crippen LogP contribution in [0.1, 0.15) is 13.3 Å². The predicted molar refractivity (Wildman–Crippen MR) is 88.8 cm³/mol. The summed E-state index contributed by atoms with van der Waals surface area (Å²) in [6.45, 7) is 2.69. The zero-order valence-corrected chi connectivity index (χ0v) is 14.0. The lowest BCUT2D eigenvalue weighted by Gasteiger charge is -2.22. The zero-order valence-electron chi connectivity index (χ0n) is 13.3. The molecule has 0 unspecified atom stereocenters. The number of anilines is 1. The van der Waals surface area contributed by atoms with E-state index in [1.165, 1.54) is 0 Å². The quantitative estimate of drug-likeness (QED) is 0.620. The van der Waals surface area contributed by atoms with E-state index >= 15 is 0 Å². The van der Waals surface area contributed by atoms with Crippen LogP contribution in [0.3, 0.4) is 0 Å². The van der Waals surface area contributed by atoms with Gasteiger partial charge in [0.05, 0.1) is 25.2 Å². The van der Waals surface area contributed by atoms with Crippen molar-refractivity contribution < 1.29 is 19.1 Å². The van der Waals surface area contributed by atoms with Crippen molar-refractivity contribution in [1.82, 2.24) is 0 Å². The molecule has 3 aliphatic rings. The molecule has 2 saturated heterocycles. The first-order valence-electron chi connectivity index (χ1n) is 8.16. The molecule has 3 aliphatic heterocycles. The summed E-state index contributed by atoms with van der Waals surface area (Å²) in [6.07, 6.45) is 4.18. The maximum atomic E-state index is 13.0. The average Bonchev–Trinajstić information content (AvgIpc) is 3.21. The largest absolute Gasteiger partial charge is 0.465 e. The fourth-order valence-corrected chi connectivity index (χ4v) is 4.11. The Morgan fingerprint density at radius 2 is 2.33 bits per heavy atom. The van der Waals surface area contributed by atoms with E-state index in [1.807, 2.05) is 25.1 Å². The third-order valence-electron chi connectivity index (χ3n) is 4.94. The number of ether oxygens (including phenoxy) is 2. The molecule has 126 valence electrons. The molecule has 0 aliphatic carbocycles. The van der Waals surface area contributed by atoms with E-state index in [1.54, 1.807) is 23.1 Å². The topological polar surface area (TPSA) is 55.8 Å². The lowest BCUT2D eigenvalue weighted by atomic mass is 9.77. The average molecular weight is 348 g/mol. The first-order valence-corrected chi connectivity index (χ1v) is 8.54.